The van der Waals surface area contributed by atoms with Gasteiger partial charge in [-0.3, -0.25) is 14.5 Å². The number of hydrogen-bond donors (Lipinski definition) is 1. The fourth-order valence-corrected chi connectivity index (χ4v) is 5.11. The van der Waals surface area contributed by atoms with Gasteiger partial charge >= 0.3 is 0 Å². The summed E-state index contributed by atoms with van der Waals surface area (Å²) in [6, 6.07) is 31.5. The maximum atomic E-state index is 13.2. The summed E-state index contributed by atoms with van der Waals surface area (Å²) in [4.78, 5) is 27.5. The molecule has 39 heavy (non-hydrogen) atoms. The molecule has 0 saturated carbocycles. The van der Waals surface area contributed by atoms with E-state index < -0.39 is 0 Å². The molecule has 4 aromatic carbocycles. The Morgan fingerprint density at radius 2 is 1.59 bits per heavy atom. The smallest absolute Gasteiger partial charge is 0.270 e. The maximum Gasteiger partial charge on any atom is 0.270 e. The van der Waals surface area contributed by atoms with Gasteiger partial charge in [0.15, 0.2) is 10.9 Å². The van der Waals surface area contributed by atoms with Gasteiger partial charge in [-0.15, -0.1) is 0 Å². The van der Waals surface area contributed by atoms with Gasteiger partial charge in [0.1, 0.15) is 17.2 Å². The minimum Gasteiger partial charge on any atom is -0.484 e. The molecule has 0 aromatic heterocycles. The standard InChI is InChI=1S/C31H24N2O4S2/c1-21-10-12-23(13-11-21)32-29(34)20-36-27-9-5-6-22(18-27)19-28-30(35)33(31(38)39-28)24-14-16-26(17-15-24)37-25-7-3-2-4-8-25/h2-19H,20H2,1H3,(H,32,34)/b28-19-. The van der Waals surface area contributed by atoms with E-state index in [2.05, 4.69) is 5.32 Å². The van der Waals surface area contributed by atoms with Crippen LogP contribution in [0.3, 0.4) is 0 Å². The molecule has 8 heteroatoms. The number of hydrogen-bond acceptors (Lipinski definition) is 6. The highest BCUT2D eigenvalue weighted by Gasteiger charge is 2.33. The minimum atomic E-state index is -0.259. The van der Waals surface area contributed by atoms with Crippen molar-refractivity contribution in [1.29, 1.82) is 0 Å². The number of aryl methyl sites for hydroxylation is 1. The van der Waals surface area contributed by atoms with Crippen LogP contribution in [0.15, 0.2) is 108 Å². The van der Waals surface area contributed by atoms with E-state index in [0.29, 0.717) is 32.1 Å². The van der Waals surface area contributed by atoms with E-state index >= 15 is 0 Å². The molecule has 5 rings (SSSR count). The third-order valence-corrected chi connectivity index (χ3v) is 7.03. The van der Waals surface area contributed by atoms with E-state index in [4.69, 9.17) is 21.7 Å². The van der Waals surface area contributed by atoms with Crippen molar-refractivity contribution in [3.63, 3.8) is 0 Å². The SMILES string of the molecule is Cc1ccc(NC(=O)COc2cccc(/C=C3\SC(=S)N(c4ccc(Oc5ccccc5)cc4)C3=O)c2)cc1. The number of thiocarbonyl (C=S) groups is 1. The molecule has 1 aliphatic rings. The third kappa shape index (κ3) is 6.73. The van der Waals surface area contributed by atoms with Crippen molar-refractivity contribution in [1.82, 2.24) is 0 Å². The second-order valence-electron chi connectivity index (χ2n) is 8.70. The highest BCUT2D eigenvalue weighted by Crippen LogP contribution is 2.37. The van der Waals surface area contributed by atoms with Crippen LogP contribution in [0.1, 0.15) is 11.1 Å². The number of para-hydroxylation sites is 1. The molecule has 6 nitrogen and oxygen atoms in total. The van der Waals surface area contributed by atoms with Crippen LogP contribution in [-0.2, 0) is 9.59 Å². The summed E-state index contributed by atoms with van der Waals surface area (Å²) in [7, 11) is 0. The first-order chi connectivity index (χ1) is 18.9. The summed E-state index contributed by atoms with van der Waals surface area (Å²) in [5, 5.41) is 2.81. The number of rotatable bonds is 8. The minimum absolute atomic E-state index is 0.135. The molecule has 1 aliphatic heterocycles. The lowest BCUT2D eigenvalue weighted by atomic mass is 10.2. The summed E-state index contributed by atoms with van der Waals surface area (Å²) in [6.07, 6.45) is 1.77. The van der Waals surface area contributed by atoms with Gasteiger partial charge in [0.25, 0.3) is 11.8 Å². The predicted octanol–water partition coefficient (Wildman–Crippen LogP) is 7.21. The molecular weight excluding hydrogens is 528 g/mol. The Morgan fingerprint density at radius 1 is 0.897 bits per heavy atom. The molecule has 4 aromatic rings. The summed E-state index contributed by atoms with van der Waals surface area (Å²) in [5.74, 6) is 1.45. The van der Waals surface area contributed by atoms with Gasteiger partial charge in [0.05, 0.1) is 10.6 Å². The van der Waals surface area contributed by atoms with Crippen LogP contribution < -0.4 is 19.7 Å². The van der Waals surface area contributed by atoms with Gasteiger partial charge in [-0.1, -0.05) is 72.0 Å². The largest absolute Gasteiger partial charge is 0.484 e. The second kappa shape index (κ2) is 12.0. The van der Waals surface area contributed by atoms with Crippen molar-refractivity contribution < 1.29 is 19.1 Å². The average Bonchev–Trinajstić information content (AvgIpc) is 3.22. The second-order valence-corrected chi connectivity index (χ2v) is 10.4. The zero-order valence-corrected chi connectivity index (χ0v) is 22.6. The number of benzene rings is 4. The zero-order valence-electron chi connectivity index (χ0n) is 21.0. The Labute approximate surface area is 236 Å². The van der Waals surface area contributed by atoms with Crippen molar-refractivity contribution in [2.75, 3.05) is 16.8 Å². The molecule has 0 aliphatic carbocycles. The first-order valence-corrected chi connectivity index (χ1v) is 13.4. The van der Waals surface area contributed by atoms with Gasteiger partial charge < -0.3 is 14.8 Å². The Morgan fingerprint density at radius 3 is 2.33 bits per heavy atom. The molecule has 0 unspecified atom stereocenters. The van der Waals surface area contributed by atoms with E-state index in [1.165, 1.54) is 16.7 Å². The number of thioether (sulfide) groups is 1. The molecule has 1 N–H and O–H groups in total. The van der Waals surface area contributed by atoms with Crippen molar-refractivity contribution in [3.8, 4) is 17.2 Å². The van der Waals surface area contributed by atoms with Crippen LogP contribution in [0.2, 0.25) is 0 Å². The summed E-state index contributed by atoms with van der Waals surface area (Å²) in [5.41, 5.74) is 3.25. The van der Waals surface area contributed by atoms with Crippen LogP contribution in [0.4, 0.5) is 11.4 Å². The highest BCUT2D eigenvalue weighted by atomic mass is 32.2. The number of amides is 2. The lowest BCUT2D eigenvalue weighted by molar-refractivity contribution is -0.118. The first-order valence-electron chi connectivity index (χ1n) is 12.1. The molecule has 2 amide bonds. The van der Waals surface area contributed by atoms with E-state index in [9.17, 15) is 9.59 Å². The van der Waals surface area contributed by atoms with E-state index in [0.717, 1.165) is 16.9 Å². The van der Waals surface area contributed by atoms with Crippen LogP contribution in [0.5, 0.6) is 17.2 Å². The fourth-order valence-electron chi connectivity index (χ4n) is 3.81. The molecule has 1 heterocycles. The quantitative estimate of drug-likeness (QED) is 0.184. The van der Waals surface area contributed by atoms with Gasteiger partial charge in [-0.2, -0.15) is 0 Å². The first kappa shape index (κ1) is 26.2. The van der Waals surface area contributed by atoms with Crippen molar-refractivity contribution in [3.05, 3.63) is 119 Å². The molecule has 0 spiro atoms. The Bertz CT molecular complexity index is 1540. The van der Waals surface area contributed by atoms with Crippen molar-refractivity contribution in [2.45, 2.75) is 6.92 Å². The zero-order chi connectivity index (χ0) is 27.2. The normalized spacial score (nSPS) is 14.0. The number of anilines is 2. The summed E-state index contributed by atoms with van der Waals surface area (Å²) < 4.78 is 12.0. The molecule has 0 bridgehead atoms. The molecule has 1 fully saturated rings. The number of nitrogens with zero attached hydrogens (tertiary/aromatic N) is 1. The Kier molecular flexibility index (Phi) is 8.05. The number of ether oxygens (including phenoxy) is 2. The number of carbonyl (C=O) groups excluding carboxylic acids is 2. The van der Waals surface area contributed by atoms with Crippen molar-refractivity contribution >= 4 is 57.6 Å². The lowest BCUT2D eigenvalue weighted by Crippen LogP contribution is -2.27. The number of nitrogens with one attached hydrogen (secondary N) is 1. The van der Waals surface area contributed by atoms with Crippen LogP contribution >= 0.6 is 24.0 Å². The Hall–Kier alpha value is -4.40. The van der Waals surface area contributed by atoms with E-state index in [1.807, 2.05) is 85.8 Å². The lowest BCUT2D eigenvalue weighted by Gasteiger charge is -2.15. The molecular formula is C31H24N2O4S2. The van der Waals surface area contributed by atoms with Gasteiger partial charge in [-0.05, 0) is 79.2 Å². The van der Waals surface area contributed by atoms with Crippen LogP contribution in [-0.4, -0.2) is 22.7 Å². The fraction of sp³-hybridized carbons (Fsp3) is 0.0645. The van der Waals surface area contributed by atoms with Gasteiger partial charge in [-0.25, -0.2) is 0 Å². The van der Waals surface area contributed by atoms with Gasteiger partial charge in [0, 0.05) is 5.69 Å². The van der Waals surface area contributed by atoms with Crippen LogP contribution in [0, 0.1) is 6.92 Å². The molecule has 1 saturated heterocycles. The Balaban J connectivity index is 1.22. The van der Waals surface area contributed by atoms with E-state index in [-0.39, 0.29) is 18.4 Å². The number of carbonyl (C=O) groups is 2. The predicted molar refractivity (Wildman–Crippen MR) is 160 cm³/mol. The van der Waals surface area contributed by atoms with Gasteiger partial charge in [0.2, 0.25) is 0 Å². The molecule has 0 atom stereocenters. The molecule has 0 radical (unpaired) electrons. The van der Waals surface area contributed by atoms with Crippen molar-refractivity contribution in [2.24, 2.45) is 0 Å². The van der Waals surface area contributed by atoms with Crippen LogP contribution in [0.25, 0.3) is 6.08 Å². The topological polar surface area (TPSA) is 67.9 Å². The molecule has 194 valence electrons. The summed E-state index contributed by atoms with van der Waals surface area (Å²) >= 11 is 6.75. The third-order valence-electron chi connectivity index (χ3n) is 5.73. The van der Waals surface area contributed by atoms with E-state index in [1.54, 1.807) is 30.3 Å². The maximum absolute atomic E-state index is 13.2. The highest BCUT2D eigenvalue weighted by molar-refractivity contribution is 8.27. The average molecular weight is 553 g/mol. The monoisotopic (exact) mass is 552 g/mol. The summed E-state index contributed by atoms with van der Waals surface area (Å²) in [6.45, 7) is 1.85.